The minimum atomic E-state index is 0.801. The Kier molecular flexibility index (Phi) is 3.37. The van der Waals surface area contributed by atoms with Gasteiger partial charge in [-0.25, -0.2) is 0 Å². The van der Waals surface area contributed by atoms with E-state index >= 15 is 0 Å². The summed E-state index contributed by atoms with van der Waals surface area (Å²) in [4.78, 5) is 0. The highest BCUT2D eigenvalue weighted by atomic mass is 35.5. The molecule has 0 bridgehead atoms. The lowest BCUT2D eigenvalue weighted by molar-refractivity contribution is 1.02. The van der Waals surface area contributed by atoms with Crippen molar-refractivity contribution in [3.8, 4) is 16.9 Å². The molecule has 0 saturated carbocycles. The first kappa shape index (κ1) is 13.0. The van der Waals surface area contributed by atoms with Crippen LogP contribution in [0, 0.1) is 13.8 Å². The number of aromatic nitrogens is 1. The van der Waals surface area contributed by atoms with Gasteiger partial charge in [0, 0.05) is 16.4 Å². The van der Waals surface area contributed by atoms with Crippen LogP contribution in [0.1, 0.15) is 11.3 Å². The number of benzene rings is 2. The van der Waals surface area contributed by atoms with Gasteiger partial charge in [-0.3, -0.25) is 0 Å². The molecule has 0 saturated heterocycles. The van der Waals surface area contributed by atoms with E-state index in [0.717, 1.165) is 16.3 Å². The van der Waals surface area contributed by atoms with Gasteiger partial charge >= 0.3 is 0 Å². The summed E-state index contributed by atoms with van der Waals surface area (Å²) in [5.74, 6) is 0. The van der Waals surface area contributed by atoms with E-state index in [0.29, 0.717) is 0 Å². The van der Waals surface area contributed by atoms with E-state index in [4.69, 9.17) is 11.6 Å². The van der Waals surface area contributed by atoms with Crippen LogP contribution < -0.4 is 0 Å². The summed E-state index contributed by atoms with van der Waals surface area (Å²) in [7, 11) is 0. The molecule has 1 heterocycles. The molecule has 0 aliphatic heterocycles. The van der Waals surface area contributed by atoms with Crippen LogP contribution in [-0.4, -0.2) is 4.57 Å². The zero-order chi connectivity index (χ0) is 14.1. The average molecular weight is 282 g/mol. The molecule has 0 N–H and O–H groups in total. The second kappa shape index (κ2) is 5.18. The first-order valence-corrected chi connectivity index (χ1v) is 7.05. The van der Waals surface area contributed by atoms with Gasteiger partial charge in [-0.15, -0.1) is 0 Å². The summed E-state index contributed by atoms with van der Waals surface area (Å²) in [5.41, 5.74) is 5.78. The van der Waals surface area contributed by atoms with Crippen molar-refractivity contribution in [3.05, 3.63) is 76.9 Å². The monoisotopic (exact) mass is 281 g/mol. The summed E-state index contributed by atoms with van der Waals surface area (Å²) in [6, 6.07) is 20.9. The van der Waals surface area contributed by atoms with Gasteiger partial charge in [-0.05, 0) is 49.2 Å². The highest BCUT2D eigenvalue weighted by Crippen LogP contribution is 2.28. The SMILES string of the molecule is Cc1ccc(-n2c(C)ccc2-c2ccccc2)cc1Cl. The molecular weight excluding hydrogens is 266 g/mol. The van der Waals surface area contributed by atoms with E-state index in [9.17, 15) is 0 Å². The molecule has 2 aromatic carbocycles. The number of halogens is 1. The largest absolute Gasteiger partial charge is 0.314 e. The molecule has 3 aromatic rings. The van der Waals surface area contributed by atoms with Gasteiger partial charge in [0.1, 0.15) is 0 Å². The molecule has 20 heavy (non-hydrogen) atoms. The molecule has 0 aliphatic carbocycles. The molecule has 100 valence electrons. The van der Waals surface area contributed by atoms with Crippen LogP contribution in [0.25, 0.3) is 16.9 Å². The van der Waals surface area contributed by atoms with E-state index in [2.05, 4.69) is 60.0 Å². The standard InChI is InChI=1S/C18H16ClN/c1-13-8-10-16(12-17(13)19)20-14(2)9-11-18(20)15-6-4-3-5-7-15/h3-12H,1-2H3. The minimum Gasteiger partial charge on any atom is -0.314 e. The smallest absolute Gasteiger partial charge is 0.0531 e. The minimum absolute atomic E-state index is 0.801. The molecule has 0 aliphatic rings. The molecule has 0 fully saturated rings. The third-order valence-electron chi connectivity index (χ3n) is 3.56. The molecular formula is C18H16ClN. The van der Waals surface area contributed by atoms with Crippen LogP contribution in [0.2, 0.25) is 5.02 Å². The fraction of sp³-hybridized carbons (Fsp3) is 0.111. The van der Waals surface area contributed by atoms with Gasteiger partial charge in [0.15, 0.2) is 0 Å². The van der Waals surface area contributed by atoms with Crippen LogP contribution in [0.15, 0.2) is 60.7 Å². The molecule has 0 atom stereocenters. The number of nitrogens with zero attached hydrogens (tertiary/aromatic N) is 1. The predicted molar refractivity (Wildman–Crippen MR) is 85.7 cm³/mol. The fourth-order valence-electron chi connectivity index (χ4n) is 2.44. The van der Waals surface area contributed by atoms with E-state index in [1.807, 2.05) is 19.1 Å². The lowest BCUT2D eigenvalue weighted by Crippen LogP contribution is -1.99. The van der Waals surface area contributed by atoms with Crippen molar-refractivity contribution in [2.24, 2.45) is 0 Å². The number of hydrogen-bond donors (Lipinski definition) is 0. The maximum atomic E-state index is 6.27. The van der Waals surface area contributed by atoms with Gasteiger partial charge in [0.25, 0.3) is 0 Å². The van der Waals surface area contributed by atoms with Crippen LogP contribution in [-0.2, 0) is 0 Å². The summed E-state index contributed by atoms with van der Waals surface area (Å²) < 4.78 is 2.24. The lowest BCUT2D eigenvalue weighted by atomic mass is 10.1. The highest BCUT2D eigenvalue weighted by molar-refractivity contribution is 6.31. The van der Waals surface area contributed by atoms with E-state index in [-0.39, 0.29) is 0 Å². The normalized spacial score (nSPS) is 10.8. The summed E-state index contributed by atoms with van der Waals surface area (Å²) in [5, 5.41) is 0.801. The predicted octanol–water partition coefficient (Wildman–Crippen LogP) is 5.41. The van der Waals surface area contributed by atoms with Crippen LogP contribution in [0.3, 0.4) is 0 Å². The number of rotatable bonds is 2. The zero-order valence-corrected chi connectivity index (χ0v) is 12.4. The van der Waals surface area contributed by atoms with Crippen molar-refractivity contribution in [3.63, 3.8) is 0 Å². The molecule has 2 heteroatoms. The van der Waals surface area contributed by atoms with E-state index in [1.165, 1.54) is 17.0 Å². The lowest BCUT2D eigenvalue weighted by Gasteiger charge is -2.13. The molecule has 0 unspecified atom stereocenters. The van der Waals surface area contributed by atoms with Crippen molar-refractivity contribution >= 4 is 11.6 Å². The van der Waals surface area contributed by atoms with Crippen molar-refractivity contribution in [1.82, 2.24) is 4.57 Å². The van der Waals surface area contributed by atoms with Gasteiger partial charge in [-0.2, -0.15) is 0 Å². The Morgan fingerprint density at radius 2 is 1.60 bits per heavy atom. The quantitative estimate of drug-likeness (QED) is 0.591. The molecule has 0 amide bonds. The Morgan fingerprint density at radius 3 is 2.30 bits per heavy atom. The zero-order valence-electron chi connectivity index (χ0n) is 11.6. The maximum absolute atomic E-state index is 6.27. The molecule has 1 aromatic heterocycles. The van der Waals surface area contributed by atoms with E-state index in [1.54, 1.807) is 0 Å². The highest BCUT2D eigenvalue weighted by Gasteiger charge is 2.10. The number of aryl methyl sites for hydroxylation is 2. The van der Waals surface area contributed by atoms with Gasteiger partial charge in [-0.1, -0.05) is 48.0 Å². The summed E-state index contributed by atoms with van der Waals surface area (Å²) in [6.07, 6.45) is 0. The average Bonchev–Trinajstić information content (AvgIpc) is 2.85. The van der Waals surface area contributed by atoms with Crippen molar-refractivity contribution < 1.29 is 0 Å². The maximum Gasteiger partial charge on any atom is 0.0531 e. The van der Waals surface area contributed by atoms with Crippen molar-refractivity contribution in [2.75, 3.05) is 0 Å². The van der Waals surface area contributed by atoms with Crippen molar-refractivity contribution in [1.29, 1.82) is 0 Å². The van der Waals surface area contributed by atoms with Gasteiger partial charge in [0.2, 0.25) is 0 Å². The van der Waals surface area contributed by atoms with Crippen LogP contribution in [0.5, 0.6) is 0 Å². The van der Waals surface area contributed by atoms with Crippen molar-refractivity contribution in [2.45, 2.75) is 13.8 Å². The number of hydrogen-bond acceptors (Lipinski definition) is 0. The third kappa shape index (κ3) is 2.25. The Bertz CT molecular complexity index is 741. The fourth-order valence-corrected chi connectivity index (χ4v) is 2.61. The first-order valence-electron chi connectivity index (χ1n) is 6.67. The molecule has 0 spiro atoms. The second-order valence-electron chi connectivity index (χ2n) is 4.99. The second-order valence-corrected chi connectivity index (χ2v) is 5.40. The van der Waals surface area contributed by atoms with Gasteiger partial charge in [0.05, 0.1) is 5.69 Å². The first-order chi connectivity index (χ1) is 9.66. The Labute approximate surface area is 124 Å². The van der Waals surface area contributed by atoms with Crippen LogP contribution >= 0.6 is 11.6 Å². The Morgan fingerprint density at radius 1 is 0.850 bits per heavy atom. The summed E-state index contributed by atoms with van der Waals surface area (Å²) in [6.45, 7) is 4.13. The van der Waals surface area contributed by atoms with E-state index < -0.39 is 0 Å². The Hall–Kier alpha value is -1.99. The molecule has 3 rings (SSSR count). The Balaban J connectivity index is 2.19. The third-order valence-corrected chi connectivity index (χ3v) is 3.97. The van der Waals surface area contributed by atoms with Gasteiger partial charge < -0.3 is 4.57 Å². The topological polar surface area (TPSA) is 4.93 Å². The molecule has 0 radical (unpaired) electrons. The van der Waals surface area contributed by atoms with Crippen LogP contribution in [0.4, 0.5) is 0 Å². The molecule has 1 nitrogen and oxygen atoms in total. The summed E-state index contributed by atoms with van der Waals surface area (Å²) >= 11 is 6.27.